The molecule has 0 aliphatic carbocycles. The van der Waals surface area contributed by atoms with Crippen LogP contribution in [0.15, 0.2) is 48.5 Å². The molecule has 3 rings (SSSR count). The van der Waals surface area contributed by atoms with E-state index in [9.17, 15) is 4.79 Å². The molecule has 0 saturated carbocycles. The zero-order valence-electron chi connectivity index (χ0n) is 13.2. The van der Waals surface area contributed by atoms with Crippen molar-refractivity contribution in [3.05, 3.63) is 59.7 Å². The second-order valence-electron chi connectivity index (χ2n) is 5.63. The highest BCUT2D eigenvalue weighted by atomic mass is 16.7. The summed E-state index contributed by atoms with van der Waals surface area (Å²) in [6, 6.07) is 14.6. The highest BCUT2D eigenvalue weighted by Gasteiger charge is 2.22. The van der Waals surface area contributed by atoms with Gasteiger partial charge in [-0.25, -0.2) is 4.79 Å². The summed E-state index contributed by atoms with van der Waals surface area (Å²) in [7, 11) is 3.88. The van der Waals surface area contributed by atoms with Crippen LogP contribution in [0, 0.1) is 0 Å². The minimum atomic E-state index is -0.382. The van der Waals surface area contributed by atoms with Crippen LogP contribution in [-0.4, -0.2) is 38.3 Å². The summed E-state index contributed by atoms with van der Waals surface area (Å²) >= 11 is 0. The van der Waals surface area contributed by atoms with E-state index < -0.39 is 0 Å². The zero-order chi connectivity index (χ0) is 16.2. The second-order valence-corrected chi connectivity index (χ2v) is 5.63. The number of hydrogen-bond donors (Lipinski definition) is 0. The Bertz CT molecular complexity index is 685. The van der Waals surface area contributed by atoms with Crippen molar-refractivity contribution in [3.8, 4) is 11.5 Å². The molecule has 2 aromatic rings. The number of carbonyl (C=O) groups excluding carboxylic acids is 1. The molecule has 1 heterocycles. The largest absolute Gasteiger partial charge is 0.454 e. The quantitative estimate of drug-likeness (QED) is 0.794. The Morgan fingerprint density at radius 1 is 1.13 bits per heavy atom. The fraction of sp³-hybridized carbons (Fsp3) is 0.278. The minimum absolute atomic E-state index is 0.223. The number of hydrogen-bond acceptors (Lipinski definition) is 5. The smallest absolute Gasteiger partial charge is 0.338 e. The van der Waals surface area contributed by atoms with Crippen molar-refractivity contribution in [2.24, 2.45) is 0 Å². The molecule has 0 saturated heterocycles. The highest BCUT2D eigenvalue weighted by molar-refractivity contribution is 5.89. The van der Waals surface area contributed by atoms with Crippen molar-refractivity contribution in [3.63, 3.8) is 0 Å². The Balaban J connectivity index is 1.82. The Morgan fingerprint density at radius 2 is 1.87 bits per heavy atom. The van der Waals surface area contributed by atoms with Gasteiger partial charge in [-0.3, -0.25) is 0 Å². The molecule has 0 aromatic heterocycles. The molecule has 0 fully saturated rings. The molecule has 0 spiro atoms. The highest BCUT2D eigenvalue weighted by Crippen LogP contribution is 2.35. The van der Waals surface area contributed by atoms with Crippen LogP contribution in [-0.2, 0) is 4.74 Å². The van der Waals surface area contributed by atoms with Gasteiger partial charge in [0.1, 0.15) is 6.10 Å². The number of ether oxygens (including phenoxy) is 3. The lowest BCUT2D eigenvalue weighted by atomic mass is 10.1. The van der Waals surface area contributed by atoms with E-state index in [1.54, 1.807) is 12.1 Å². The average Bonchev–Trinajstić information content (AvgIpc) is 3.02. The summed E-state index contributed by atoms with van der Waals surface area (Å²) in [6.07, 6.45) is -0.382. The van der Waals surface area contributed by atoms with Crippen LogP contribution in [0.4, 0.5) is 0 Å². The number of fused-ring (bicyclic) bond motifs is 1. The predicted octanol–water partition coefficient (Wildman–Crippen LogP) is 2.88. The van der Waals surface area contributed by atoms with Crippen molar-refractivity contribution in [2.75, 3.05) is 27.4 Å². The van der Waals surface area contributed by atoms with E-state index >= 15 is 0 Å². The molecule has 1 aliphatic heterocycles. The van der Waals surface area contributed by atoms with E-state index in [2.05, 4.69) is 0 Å². The second kappa shape index (κ2) is 6.71. The van der Waals surface area contributed by atoms with Gasteiger partial charge in [-0.1, -0.05) is 24.3 Å². The molecule has 1 atom stereocenters. The summed E-state index contributed by atoms with van der Waals surface area (Å²) in [5.74, 6) is 1.06. The molecule has 1 aliphatic rings. The number of rotatable bonds is 5. The number of esters is 1. The molecular formula is C18H19NO4. The van der Waals surface area contributed by atoms with Gasteiger partial charge < -0.3 is 19.1 Å². The van der Waals surface area contributed by atoms with Gasteiger partial charge >= 0.3 is 5.97 Å². The Morgan fingerprint density at radius 3 is 2.61 bits per heavy atom. The van der Waals surface area contributed by atoms with E-state index in [0.29, 0.717) is 23.6 Å². The molecule has 0 radical (unpaired) electrons. The summed E-state index contributed by atoms with van der Waals surface area (Å²) in [5.41, 5.74) is 1.42. The lowest BCUT2D eigenvalue weighted by molar-refractivity contribution is 0.0236. The molecule has 0 bridgehead atoms. The van der Waals surface area contributed by atoms with Gasteiger partial charge in [0.15, 0.2) is 11.5 Å². The molecule has 0 N–H and O–H groups in total. The SMILES string of the molecule is CN(C)CC(OC(=O)c1ccccc1)c1ccc2c(c1)OCO2. The first-order valence-electron chi connectivity index (χ1n) is 7.44. The van der Waals surface area contributed by atoms with Crippen LogP contribution < -0.4 is 9.47 Å². The van der Waals surface area contributed by atoms with Crippen LogP contribution in [0.5, 0.6) is 11.5 Å². The Labute approximate surface area is 135 Å². The van der Waals surface area contributed by atoms with E-state index in [-0.39, 0.29) is 18.9 Å². The molecule has 2 aromatic carbocycles. The Kier molecular flexibility index (Phi) is 4.48. The maximum absolute atomic E-state index is 12.3. The number of benzene rings is 2. The number of likely N-dealkylation sites (N-methyl/N-ethyl adjacent to an activating group) is 1. The third-order valence-corrected chi connectivity index (χ3v) is 3.56. The van der Waals surface area contributed by atoms with Crippen molar-refractivity contribution < 1.29 is 19.0 Å². The van der Waals surface area contributed by atoms with Gasteiger partial charge in [0.05, 0.1) is 5.56 Å². The first-order chi connectivity index (χ1) is 11.1. The summed E-state index contributed by atoms with van der Waals surface area (Å²) in [6.45, 7) is 0.805. The summed E-state index contributed by atoms with van der Waals surface area (Å²) in [4.78, 5) is 14.3. The van der Waals surface area contributed by atoms with E-state index in [0.717, 1.165) is 5.56 Å². The van der Waals surface area contributed by atoms with Crippen molar-refractivity contribution in [1.29, 1.82) is 0 Å². The predicted molar refractivity (Wildman–Crippen MR) is 85.7 cm³/mol. The fourth-order valence-corrected chi connectivity index (χ4v) is 2.43. The number of nitrogens with zero attached hydrogens (tertiary/aromatic N) is 1. The van der Waals surface area contributed by atoms with Crippen molar-refractivity contribution in [2.45, 2.75) is 6.10 Å². The van der Waals surface area contributed by atoms with Gasteiger partial charge in [-0.15, -0.1) is 0 Å². The first kappa shape index (κ1) is 15.4. The standard InChI is InChI=1S/C18H19NO4/c1-19(2)11-17(23-18(20)13-6-4-3-5-7-13)14-8-9-15-16(10-14)22-12-21-15/h3-10,17H,11-12H2,1-2H3. The van der Waals surface area contributed by atoms with Gasteiger partial charge in [0.25, 0.3) is 0 Å². The molecule has 120 valence electrons. The van der Waals surface area contributed by atoms with Gasteiger partial charge in [-0.2, -0.15) is 0 Å². The first-order valence-corrected chi connectivity index (χ1v) is 7.44. The van der Waals surface area contributed by atoms with E-state index in [1.807, 2.05) is 55.4 Å². The van der Waals surface area contributed by atoms with Crippen LogP contribution in [0.25, 0.3) is 0 Å². The number of carbonyl (C=O) groups is 1. The molecule has 23 heavy (non-hydrogen) atoms. The topological polar surface area (TPSA) is 48.0 Å². The summed E-state index contributed by atoms with van der Waals surface area (Å²) in [5, 5.41) is 0. The van der Waals surface area contributed by atoms with E-state index in [4.69, 9.17) is 14.2 Å². The third kappa shape index (κ3) is 3.63. The molecule has 0 amide bonds. The van der Waals surface area contributed by atoms with Crippen LogP contribution >= 0.6 is 0 Å². The van der Waals surface area contributed by atoms with Crippen LogP contribution in [0.2, 0.25) is 0 Å². The molecule has 1 unspecified atom stereocenters. The molecule has 5 nitrogen and oxygen atoms in total. The maximum Gasteiger partial charge on any atom is 0.338 e. The van der Waals surface area contributed by atoms with Gasteiger partial charge in [0.2, 0.25) is 6.79 Å². The lowest BCUT2D eigenvalue weighted by Crippen LogP contribution is -2.24. The molecule has 5 heteroatoms. The lowest BCUT2D eigenvalue weighted by Gasteiger charge is -2.22. The maximum atomic E-state index is 12.3. The Hall–Kier alpha value is -2.53. The van der Waals surface area contributed by atoms with Crippen molar-refractivity contribution in [1.82, 2.24) is 4.90 Å². The van der Waals surface area contributed by atoms with Gasteiger partial charge in [0, 0.05) is 6.54 Å². The minimum Gasteiger partial charge on any atom is -0.454 e. The van der Waals surface area contributed by atoms with Crippen LogP contribution in [0.3, 0.4) is 0 Å². The fourth-order valence-electron chi connectivity index (χ4n) is 2.43. The van der Waals surface area contributed by atoms with Crippen molar-refractivity contribution >= 4 is 5.97 Å². The molecular weight excluding hydrogens is 294 g/mol. The van der Waals surface area contributed by atoms with Gasteiger partial charge in [-0.05, 0) is 43.9 Å². The summed E-state index contributed by atoms with van der Waals surface area (Å²) < 4.78 is 16.4. The zero-order valence-corrected chi connectivity index (χ0v) is 13.2. The van der Waals surface area contributed by atoms with E-state index in [1.165, 1.54) is 0 Å². The average molecular weight is 313 g/mol. The normalized spacial score (nSPS) is 13.9. The van der Waals surface area contributed by atoms with Crippen LogP contribution in [0.1, 0.15) is 22.0 Å². The third-order valence-electron chi connectivity index (χ3n) is 3.56. The monoisotopic (exact) mass is 313 g/mol.